The zero-order chi connectivity index (χ0) is 11.5. The Bertz CT molecular complexity index is 350. The third-order valence-corrected chi connectivity index (χ3v) is 3.59. The van der Waals surface area contributed by atoms with Crippen molar-refractivity contribution >= 4 is 0 Å². The molecule has 1 heterocycles. The molecule has 2 atom stereocenters. The van der Waals surface area contributed by atoms with Gasteiger partial charge in [0.25, 0.3) is 0 Å². The molecule has 88 valence electrons. The Morgan fingerprint density at radius 2 is 2.31 bits per heavy atom. The number of rotatable bonds is 3. The number of nitrogens with zero attached hydrogens (tertiary/aromatic N) is 1. The van der Waals surface area contributed by atoms with E-state index in [4.69, 9.17) is 0 Å². The van der Waals surface area contributed by atoms with E-state index >= 15 is 0 Å². The number of hydrogen-bond donors (Lipinski definition) is 1. The van der Waals surface area contributed by atoms with E-state index in [1.54, 1.807) is 0 Å². The van der Waals surface area contributed by atoms with E-state index < -0.39 is 0 Å². The molecule has 0 bridgehead atoms. The van der Waals surface area contributed by atoms with E-state index in [2.05, 4.69) is 31.0 Å². The van der Waals surface area contributed by atoms with Gasteiger partial charge in [0.15, 0.2) is 0 Å². The molecule has 1 N–H and O–H groups in total. The van der Waals surface area contributed by atoms with Gasteiger partial charge in [-0.25, -0.2) is 0 Å². The average molecular weight is 219 g/mol. The molecule has 1 aliphatic heterocycles. The van der Waals surface area contributed by atoms with Gasteiger partial charge in [-0.1, -0.05) is 29.8 Å². The summed E-state index contributed by atoms with van der Waals surface area (Å²) in [4.78, 5) is 2.36. The Morgan fingerprint density at radius 1 is 1.50 bits per heavy atom. The van der Waals surface area contributed by atoms with Gasteiger partial charge in [-0.2, -0.15) is 0 Å². The summed E-state index contributed by atoms with van der Waals surface area (Å²) in [6.45, 7) is 3.24. The molecule has 1 aliphatic rings. The van der Waals surface area contributed by atoms with Crippen molar-refractivity contribution in [2.75, 3.05) is 13.6 Å². The quantitative estimate of drug-likeness (QED) is 0.844. The van der Waals surface area contributed by atoms with Crippen molar-refractivity contribution in [3.05, 3.63) is 35.4 Å². The summed E-state index contributed by atoms with van der Waals surface area (Å²) in [5.41, 5.74) is 2.27. The zero-order valence-electron chi connectivity index (χ0n) is 10.2. The molecule has 1 fully saturated rings. The minimum Gasteiger partial charge on any atom is -0.388 e. The first-order valence-corrected chi connectivity index (χ1v) is 6.11. The van der Waals surface area contributed by atoms with E-state index in [9.17, 15) is 5.11 Å². The lowest BCUT2D eigenvalue weighted by atomic mass is 9.99. The molecular formula is C14H21NO. The van der Waals surface area contributed by atoms with E-state index in [0.29, 0.717) is 6.04 Å². The van der Waals surface area contributed by atoms with Crippen LogP contribution in [0, 0.1) is 6.92 Å². The topological polar surface area (TPSA) is 23.5 Å². The van der Waals surface area contributed by atoms with Gasteiger partial charge < -0.3 is 10.0 Å². The van der Waals surface area contributed by atoms with Crippen molar-refractivity contribution in [1.82, 2.24) is 4.90 Å². The second-order valence-corrected chi connectivity index (χ2v) is 4.94. The summed E-state index contributed by atoms with van der Waals surface area (Å²) in [6, 6.07) is 8.74. The fraction of sp³-hybridized carbons (Fsp3) is 0.571. The van der Waals surface area contributed by atoms with Gasteiger partial charge in [-0.15, -0.1) is 0 Å². The van der Waals surface area contributed by atoms with E-state index in [1.165, 1.54) is 24.9 Å². The lowest BCUT2D eigenvalue weighted by molar-refractivity contribution is 0.130. The molecule has 0 spiro atoms. The Balaban J connectivity index is 1.99. The molecule has 1 aromatic carbocycles. The molecule has 2 heteroatoms. The molecule has 0 amide bonds. The van der Waals surface area contributed by atoms with Crippen molar-refractivity contribution in [2.24, 2.45) is 0 Å². The average Bonchev–Trinajstić information content (AvgIpc) is 2.64. The van der Waals surface area contributed by atoms with E-state index in [0.717, 1.165) is 12.0 Å². The first-order valence-electron chi connectivity index (χ1n) is 6.11. The molecule has 1 saturated heterocycles. The first-order chi connectivity index (χ1) is 7.66. The minimum absolute atomic E-state index is 0.314. The third-order valence-electron chi connectivity index (χ3n) is 3.59. The van der Waals surface area contributed by atoms with E-state index in [-0.39, 0.29) is 6.10 Å². The van der Waals surface area contributed by atoms with Crippen molar-refractivity contribution in [3.63, 3.8) is 0 Å². The highest BCUT2D eigenvalue weighted by Crippen LogP contribution is 2.26. The summed E-state index contributed by atoms with van der Waals surface area (Å²) in [7, 11) is 2.15. The molecular weight excluding hydrogens is 198 g/mol. The number of aliphatic hydroxyl groups excluding tert-OH is 1. The molecule has 1 unspecified atom stereocenters. The molecule has 0 aliphatic carbocycles. The van der Waals surface area contributed by atoms with Crippen molar-refractivity contribution in [2.45, 2.75) is 38.3 Å². The highest BCUT2D eigenvalue weighted by atomic mass is 16.3. The Hall–Kier alpha value is -0.860. The van der Waals surface area contributed by atoms with Crippen LogP contribution in [0.5, 0.6) is 0 Å². The Labute approximate surface area is 97.9 Å². The number of likely N-dealkylation sites (tertiary alicyclic amines) is 1. The molecule has 2 rings (SSSR count). The number of hydrogen-bond acceptors (Lipinski definition) is 2. The SMILES string of the molecule is Cc1cccc([C@H](O)CC2CCCN2C)c1. The first kappa shape index (κ1) is 11.6. The normalized spacial score (nSPS) is 23.6. The maximum absolute atomic E-state index is 10.2. The largest absolute Gasteiger partial charge is 0.388 e. The summed E-state index contributed by atoms with van der Waals surface area (Å²) >= 11 is 0. The van der Waals surface area contributed by atoms with Crippen molar-refractivity contribution < 1.29 is 5.11 Å². The van der Waals surface area contributed by atoms with Crippen LogP contribution in [0.25, 0.3) is 0 Å². The van der Waals surface area contributed by atoms with Crippen molar-refractivity contribution in [3.8, 4) is 0 Å². The predicted molar refractivity (Wildman–Crippen MR) is 66.4 cm³/mol. The summed E-state index contributed by atoms with van der Waals surface area (Å²) in [5.74, 6) is 0. The highest BCUT2D eigenvalue weighted by molar-refractivity contribution is 5.24. The van der Waals surface area contributed by atoms with Crippen LogP contribution in [-0.2, 0) is 0 Å². The van der Waals surface area contributed by atoms with Gasteiger partial charge in [0.05, 0.1) is 6.10 Å². The third kappa shape index (κ3) is 2.63. The second-order valence-electron chi connectivity index (χ2n) is 4.94. The van der Waals surface area contributed by atoms with Gasteiger partial charge >= 0.3 is 0 Å². The highest BCUT2D eigenvalue weighted by Gasteiger charge is 2.24. The molecule has 1 aromatic rings. The molecule has 0 radical (unpaired) electrons. The predicted octanol–water partition coefficient (Wildman–Crippen LogP) is 2.51. The molecule has 0 aromatic heterocycles. The summed E-state index contributed by atoms with van der Waals surface area (Å²) in [6.07, 6.45) is 3.03. The Morgan fingerprint density at radius 3 is 2.94 bits per heavy atom. The van der Waals surface area contributed by atoms with Crippen molar-refractivity contribution in [1.29, 1.82) is 0 Å². The second kappa shape index (κ2) is 4.98. The Kier molecular flexibility index (Phi) is 3.62. The van der Waals surface area contributed by atoms with Crippen LogP contribution in [0.15, 0.2) is 24.3 Å². The zero-order valence-corrected chi connectivity index (χ0v) is 10.2. The fourth-order valence-electron chi connectivity index (χ4n) is 2.55. The maximum Gasteiger partial charge on any atom is 0.0805 e. The van der Waals surface area contributed by atoms with Gasteiger partial charge in [0.2, 0.25) is 0 Å². The van der Waals surface area contributed by atoms with Crippen LogP contribution >= 0.6 is 0 Å². The molecule has 0 saturated carbocycles. The summed E-state index contributed by atoms with van der Waals surface area (Å²) in [5, 5.41) is 10.2. The smallest absolute Gasteiger partial charge is 0.0805 e. The van der Waals surface area contributed by atoms with Gasteiger partial charge in [-0.05, 0) is 45.3 Å². The summed E-state index contributed by atoms with van der Waals surface area (Å²) < 4.78 is 0. The van der Waals surface area contributed by atoms with Crippen LogP contribution in [0.2, 0.25) is 0 Å². The molecule has 2 nitrogen and oxygen atoms in total. The number of benzene rings is 1. The van der Waals surface area contributed by atoms with Gasteiger partial charge in [0, 0.05) is 6.04 Å². The van der Waals surface area contributed by atoms with Crippen LogP contribution in [0.3, 0.4) is 0 Å². The minimum atomic E-state index is -0.314. The lowest BCUT2D eigenvalue weighted by Crippen LogP contribution is -2.26. The molecule has 16 heavy (non-hydrogen) atoms. The number of aryl methyl sites for hydroxylation is 1. The lowest BCUT2D eigenvalue weighted by Gasteiger charge is -2.22. The monoisotopic (exact) mass is 219 g/mol. The van der Waals surface area contributed by atoms with Crippen LogP contribution < -0.4 is 0 Å². The number of aliphatic hydroxyl groups is 1. The van der Waals surface area contributed by atoms with Crippen LogP contribution in [-0.4, -0.2) is 29.6 Å². The van der Waals surface area contributed by atoms with Gasteiger partial charge in [-0.3, -0.25) is 0 Å². The fourth-order valence-corrected chi connectivity index (χ4v) is 2.55. The van der Waals surface area contributed by atoms with E-state index in [1.807, 2.05) is 12.1 Å². The van der Waals surface area contributed by atoms with Crippen LogP contribution in [0.4, 0.5) is 0 Å². The van der Waals surface area contributed by atoms with Gasteiger partial charge in [0.1, 0.15) is 0 Å². The van der Waals surface area contributed by atoms with Crippen LogP contribution in [0.1, 0.15) is 36.5 Å². The standard InChI is InChI=1S/C14H21NO/c1-11-5-3-6-12(9-11)14(16)10-13-7-4-8-15(13)2/h3,5-6,9,13-14,16H,4,7-8,10H2,1-2H3/t13?,14-/m1/s1. The maximum atomic E-state index is 10.2.